The van der Waals surface area contributed by atoms with Crippen LogP contribution in [0.25, 0.3) is 0 Å². The van der Waals surface area contributed by atoms with Crippen LogP contribution in [0.4, 0.5) is 5.69 Å². The minimum atomic E-state index is -3.17. The predicted molar refractivity (Wildman–Crippen MR) is 72.3 cm³/mol. The van der Waals surface area contributed by atoms with Crippen molar-refractivity contribution in [3.8, 4) is 0 Å². The number of hydrogen-bond acceptors (Lipinski definition) is 3. The molecule has 0 radical (unpaired) electrons. The van der Waals surface area contributed by atoms with Gasteiger partial charge in [0.2, 0.25) is 5.91 Å². The van der Waals surface area contributed by atoms with Gasteiger partial charge >= 0.3 is 0 Å². The van der Waals surface area contributed by atoms with Crippen molar-refractivity contribution in [2.24, 2.45) is 0 Å². The third-order valence-electron chi connectivity index (χ3n) is 2.63. The number of carbonyl (C=O) groups excluding carboxylic acids is 1. The Hall–Kier alpha value is -1.36. The van der Waals surface area contributed by atoms with Crippen molar-refractivity contribution in [1.82, 2.24) is 0 Å². The second-order valence-electron chi connectivity index (χ2n) is 4.08. The van der Waals surface area contributed by atoms with Gasteiger partial charge in [0.05, 0.1) is 10.6 Å². The molecule has 4 nitrogen and oxygen atoms in total. The molecule has 0 aliphatic carbocycles. The van der Waals surface area contributed by atoms with Crippen molar-refractivity contribution in [3.63, 3.8) is 0 Å². The summed E-state index contributed by atoms with van der Waals surface area (Å²) in [5.74, 6) is 0.0396. The first kappa shape index (κ1) is 14.7. The van der Waals surface area contributed by atoms with Gasteiger partial charge in [0, 0.05) is 12.1 Å². The van der Waals surface area contributed by atoms with E-state index in [9.17, 15) is 13.2 Å². The lowest BCUT2D eigenvalue weighted by molar-refractivity contribution is -0.116. The molecule has 0 heterocycles. The second kappa shape index (κ2) is 6.54. The van der Waals surface area contributed by atoms with Crippen LogP contribution in [0.15, 0.2) is 29.2 Å². The van der Waals surface area contributed by atoms with Crippen molar-refractivity contribution in [2.45, 2.75) is 38.0 Å². The zero-order chi connectivity index (χ0) is 13.6. The van der Waals surface area contributed by atoms with E-state index in [1.165, 1.54) is 12.1 Å². The van der Waals surface area contributed by atoms with Gasteiger partial charge in [0.15, 0.2) is 9.84 Å². The predicted octanol–water partition coefficient (Wildman–Crippen LogP) is 2.61. The number of anilines is 1. The summed E-state index contributed by atoms with van der Waals surface area (Å²) < 4.78 is 23.2. The van der Waals surface area contributed by atoms with E-state index in [1.807, 2.05) is 6.92 Å². The fraction of sp³-hybridized carbons (Fsp3) is 0.462. The number of amides is 1. The zero-order valence-corrected chi connectivity index (χ0v) is 11.6. The SMILES string of the molecule is CCCCC(=O)Nc1ccc(S(=O)(=O)CC)cc1. The summed E-state index contributed by atoms with van der Waals surface area (Å²) in [6, 6.07) is 6.28. The Labute approximate surface area is 108 Å². The number of nitrogens with one attached hydrogen (secondary N) is 1. The molecular formula is C13H19NO3S. The molecule has 0 aromatic heterocycles. The average Bonchev–Trinajstić information content (AvgIpc) is 2.37. The first-order valence-corrected chi connectivity index (χ1v) is 7.77. The van der Waals surface area contributed by atoms with Crippen LogP contribution in [0.2, 0.25) is 0 Å². The summed E-state index contributed by atoms with van der Waals surface area (Å²) in [5, 5.41) is 2.74. The van der Waals surface area contributed by atoms with Gasteiger partial charge in [-0.15, -0.1) is 0 Å². The molecule has 1 aromatic rings. The van der Waals surface area contributed by atoms with Gasteiger partial charge in [-0.2, -0.15) is 0 Å². The minimum absolute atomic E-state index is 0.0389. The Morgan fingerprint density at radius 1 is 1.17 bits per heavy atom. The fourth-order valence-electron chi connectivity index (χ4n) is 1.47. The van der Waals surface area contributed by atoms with Crippen LogP contribution in [-0.2, 0) is 14.6 Å². The molecule has 0 saturated heterocycles. The van der Waals surface area contributed by atoms with Gasteiger partial charge in [-0.3, -0.25) is 4.79 Å². The van der Waals surface area contributed by atoms with Crippen molar-refractivity contribution in [3.05, 3.63) is 24.3 Å². The maximum Gasteiger partial charge on any atom is 0.224 e. The van der Waals surface area contributed by atoms with Gasteiger partial charge in [-0.1, -0.05) is 20.3 Å². The number of rotatable bonds is 6. The summed E-state index contributed by atoms with van der Waals surface area (Å²) in [6.45, 7) is 3.63. The lowest BCUT2D eigenvalue weighted by Gasteiger charge is -2.06. The van der Waals surface area contributed by atoms with E-state index in [0.29, 0.717) is 12.1 Å². The Morgan fingerprint density at radius 3 is 2.28 bits per heavy atom. The first-order valence-electron chi connectivity index (χ1n) is 6.12. The highest BCUT2D eigenvalue weighted by Gasteiger charge is 2.11. The van der Waals surface area contributed by atoms with Gasteiger partial charge < -0.3 is 5.32 Å². The molecule has 1 aromatic carbocycles. The van der Waals surface area contributed by atoms with Crippen LogP contribution in [0.5, 0.6) is 0 Å². The van der Waals surface area contributed by atoms with E-state index in [-0.39, 0.29) is 16.6 Å². The molecule has 0 aliphatic heterocycles. The molecular weight excluding hydrogens is 250 g/mol. The second-order valence-corrected chi connectivity index (χ2v) is 6.36. The van der Waals surface area contributed by atoms with E-state index >= 15 is 0 Å². The molecule has 0 aliphatic rings. The summed E-state index contributed by atoms with van der Waals surface area (Å²) in [4.78, 5) is 11.8. The summed E-state index contributed by atoms with van der Waals surface area (Å²) in [7, 11) is -3.17. The molecule has 0 saturated carbocycles. The van der Waals surface area contributed by atoms with Crippen LogP contribution in [0.3, 0.4) is 0 Å². The monoisotopic (exact) mass is 269 g/mol. The smallest absolute Gasteiger partial charge is 0.224 e. The highest BCUT2D eigenvalue weighted by Crippen LogP contribution is 2.15. The Kier molecular flexibility index (Phi) is 5.34. The lowest BCUT2D eigenvalue weighted by Crippen LogP contribution is -2.11. The standard InChI is InChI=1S/C13H19NO3S/c1-3-5-6-13(15)14-11-7-9-12(10-8-11)18(16,17)4-2/h7-10H,3-6H2,1-2H3,(H,14,15). The first-order chi connectivity index (χ1) is 8.49. The van der Waals surface area contributed by atoms with E-state index in [2.05, 4.69) is 5.32 Å². The van der Waals surface area contributed by atoms with Crippen molar-refractivity contribution >= 4 is 21.4 Å². The topological polar surface area (TPSA) is 63.2 Å². The van der Waals surface area contributed by atoms with Crippen molar-refractivity contribution < 1.29 is 13.2 Å². The van der Waals surface area contributed by atoms with E-state index in [0.717, 1.165) is 12.8 Å². The van der Waals surface area contributed by atoms with E-state index < -0.39 is 9.84 Å². The van der Waals surface area contributed by atoms with Crippen LogP contribution < -0.4 is 5.32 Å². The highest BCUT2D eigenvalue weighted by atomic mass is 32.2. The number of hydrogen-bond donors (Lipinski definition) is 1. The van der Waals surface area contributed by atoms with Crippen LogP contribution >= 0.6 is 0 Å². The fourth-order valence-corrected chi connectivity index (χ4v) is 2.36. The summed E-state index contributed by atoms with van der Waals surface area (Å²) in [6.07, 6.45) is 2.32. The number of benzene rings is 1. The molecule has 0 bridgehead atoms. The maximum absolute atomic E-state index is 11.6. The van der Waals surface area contributed by atoms with Crippen LogP contribution in [-0.4, -0.2) is 20.1 Å². The van der Waals surface area contributed by atoms with E-state index in [1.54, 1.807) is 19.1 Å². The molecule has 1 amide bonds. The third kappa shape index (κ3) is 4.14. The Balaban J connectivity index is 2.69. The molecule has 100 valence electrons. The molecule has 5 heteroatoms. The van der Waals surface area contributed by atoms with Gasteiger partial charge in [0.25, 0.3) is 0 Å². The molecule has 0 atom stereocenters. The number of sulfone groups is 1. The highest BCUT2D eigenvalue weighted by molar-refractivity contribution is 7.91. The van der Waals surface area contributed by atoms with Crippen LogP contribution in [0.1, 0.15) is 33.1 Å². The minimum Gasteiger partial charge on any atom is -0.326 e. The third-order valence-corrected chi connectivity index (χ3v) is 4.39. The van der Waals surface area contributed by atoms with E-state index in [4.69, 9.17) is 0 Å². The van der Waals surface area contributed by atoms with Crippen LogP contribution in [0, 0.1) is 0 Å². The lowest BCUT2D eigenvalue weighted by atomic mass is 10.2. The van der Waals surface area contributed by atoms with Gasteiger partial charge in [-0.25, -0.2) is 8.42 Å². The quantitative estimate of drug-likeness (QED) is 0.863. The Morgan fingerprint density at radius 2 is 1.78 bits per heavy atom. The summed E-state index contributed by atoms with van der Waals surface area (Å²) in [5.41, 5.74) is 0.631. The summed E-state index contributed by atoms with van der Waals surface area (Å²) >= 11 is 0. The molecule has 0 spiro atoms. The van der Waals surface area contributed by atoms with Gasteiger partial charge in [0.1, 0.15) is 0 Å². The molecule has 0 fully saturated rings. The van der Waals surface area contributed by atoms with Gasteiger partial charge in [-0.05, 0) is 30.7 Å². The largest absolute Gasteiger partial charge is 0.326 e. The normalized spacial score (nSPS) is 11.2. The zero-order valence-electron chi connectivity index (χ0n) is 10.8. The number of carbonyl (C=O) groups is 1. The average molecular weight is 269 g/mol. The van der Waals surface area contributed by atoms with Crippen molar-refractivity contribution in [1.29, 1.82) is 0 Å². The maximum atomic E-state index is 11.6. The number of unbranched alkanes of at least 4 members (excludes halogenated alkanes) is 1. The molecule has 1 N–H and O–H groups in total. The molecule has 0 unspecified atom stereocenters. The van der Waals surface area contributed by atoms with Crippen molar-refractivity contribution in [2.75, 3.05) is 11.1 Å². The molecule has 18 heavy (non-hydrogen) atoms. The Bertz CT molecular complexity index is 491. The molecule has 1 rings (SSSR count).